The van der Waals surface area contributed by atoms with Crippen LogP contribution in [0.2, 0.25) is 0 Å². The number of carboxylic acid groups (broad SMARTS) is 1. The molecule has 7 nitrogen and oxygen atoms in total. The molecule has 138 valence electrons. The van der Waals surface area contributed by atoms with Crippen LogP contribution in [0.4, 0.5) is 0 Å². The first kappa shape index (κ1) is 20.8. The Bertz CT molecular complexity index is 493. The molecule has 0 aromatic rings. The van der Waals surface area contributed by atoms with Gasteiger partial charge in [-0.05, 0) is 17.3 Å². The zero-order valence-electron chi connectivity index (χ0n) is 14.9. The minimum absolute atomic E-state index is 0.165. The molecule has 1 amide bonds. The van der Waals surface area contributed by atoms with Crippen molar-refractivity contribution in [3.63, 3.8) is 0 Å². The maximum Gasteiger partial charge on any atom is 0.329 e. The van der Waals surface area contributed by atoms with Gasteiger partial charge in [0.1, 0.15) is 6.04 Å². The van der Waals surface area contributed by atoms with E-state index >= 15 is 0 Å². The van der Waals surface area contributed by atoms with E-state index in [9.17, 15) is 14.4 Å². The van der Waals surface area contributed by atoms with Crippen molar-refractivity contribution in [1.29, 1.82) is 0 Å². The number of nitrogens with two attached hydrogens (primary N) is 1. The highest BCUT2D eigenvalue weighted by Crippen LogP contribution is 2.59. The average molecular weight is 360 g/mol. The lowest BCUT2D eigenvalue weighted by Gasteiger charge is -2.57. The number of carboxylic acids is 1. The van der Waals surface area contributed by atoms with Crippen LogP contribution < -0.4 is 11.1 Å². The smallest absolute Gasteiger partial charge is 0.329 e. The van der Waals surface area contributed by atoms with E-state index in [0.717, 1.165) is 6.42 Å². The summed E-state index contributed by atoms with van der Waals surface area (Å²) >= 11 is 1.62. The summed E-state index contributed by atoms with van der Waals surface area (Å²) in [4.78, 5) is 34.5. The first-order valence-electron chi connectivity index (χ1n) is 7.88. The van der Waals surface area contributed by atoms with E-state index in [4.69, 9.17) is 15.6 Å². The van der Waals surface area contributed by atoms with Gasteiger partial charge in [0.2, 0.25) is 5.91 Å². The second-order valence-electron chi connectivity index (χ2n) is 7.66. The van der Waals surface area contributed by atoms with E-state index in [1.54, 1.807) is 11.8 Å². The van der Waals surface area contributed by atoms with Crippen LogP contribution in [0.1, 0.15) is 40.5 Å². The molecule has 0 aromatic heterocycles. The Morgan fingerprint density at radius 2 is 1.83 bits per heavy atom. The number of amides is 1. The van der Waals surface area contributed by atoms with Gasteiger partial charge in [-0.2, -0.15) is 11.8 Å². The summed E-state index contributed by atoms with van der Waals surface area (Å²) in [5.74, 6) is -2.04. The maximum atomic E-state index is 12.0. The summed E-state index contributed by atoms with van der Waals surface area (Å²) in [5.41, 5.74) is 5.87. The Morgan fingerprint density at radius 3 is 2.25 bits per heavy atom. The fourth-order valence-electron chi connectivity index (χ4n) is 3.80. The molecule has 0 saturated heterocycles. The third-order valence-corrected chi connectivity index (χ3v) is 6.43. The lowest BCUT2D eigenvalue weighted by atomic mass is 9.56. The summed E-state index contributed by atoms with van der Waals surface area (Å²) in [7, 11) is 1.25. The van der Waals surface area contributed by atoms with E-state index in [1.165, 1.54) is 7.11 Å². The van der Waals surface area contributed by atoms with Crippen molar-refractivity contribution in [3.05, 3.63) is 0 Å². The van der Waals surface area contributed by atoms with Gasteiger partial charge >= 0.3 is 11.9 Å². The molecule has 1 rings (SSSR count). The molecule has 24 heavy (non-hydrogen) atoms. The number of carbonyl (C=O) groups is 3. The monoisotopic (exact) mass is 360 g/mol. The van der Waals surface area contributed by atoms with E-state index < -0.39 is 36.4 Å². The summed E-state index contributed by atoms with van der Waals surface area (Å²) in [6.07, 6.45) is 0.603. The molecule has 0 unspecified atom stereocenters. The normalized spacial score (nSPS) is 21.2. The number of ether oxygens (including phenoxy) is 1. The van der Waals surface area contributed by atoms with Gasteiger partial charge in [0, 0.05) is 11.0 Å². The van der Waals surface area contributed by atoms with Crippen molar-refractivity contribution in [2.75, 3.05) is 12.9 Å². The number of rotatable bonds is 8. The van der Waals surface area contributed by atoms with Crippen LogP contribution in [0.15, 0.2) is 0 Å². The van der Waals surface area contributed by atoms with Crippen LogP contribution in [-0.2, 0) is 19.1 Å². The van der Waals surface area contributed by atoms with Gasteiger partial charge in [-0.3, -0.25) is 9.59 Å². The zero-order chi connectivity index (χ0) is 18.7. The van der Waals surface area contributed by atoms with E-state index in [0.29, 0.717) is 11.0 Å². The quantitative estimate of drug-likeness (QED) is 0.553. The van der Waals surface area contributed by atoms with Gasteiger partial charge in [-0.25, -0.2) is 4.79 Å². The minimum Gasteiger partial charge on any atom is -0.481 e. The molecule has 4 N–H and O–H groups in total. The molecule has 1 fully saturated rings. The van der Waals surface area contributed by atoms with Gasteiger partial charge in [0.25, 0.3) is 0 Å². The van der Waals surface area contributed by atoms with Crippen molar-refractivity contribution in [2.45, 2.75) is 57.9 Å². The first-order valence-corrected chi connectivity index (χ1v) is 8.93. The molecule has 0 aromatic carbocycles. The minimum atomic E-state index is -1.20. The van der Waals surface area contributed by atoms with E-state index in [-0.39, 0.29) is 10.8 Å². The van der Waals surface area contributed by atoms with E-state index in [2.05, 4.69) is 33.0 Å². The molecule has 0 bridgehead atoms. The van der Waals surface area contributed by atoms with Crippen LogP contribution in [0.5, 0.6) is 0 Å². The lowest BCUT2D eigenvalue weighted by molar-refractivity contribution is -0.144. The van der Waals surface area contributed by atoms with Crippen molar-refractivity contribution < 1.29 is 24.2 Å². The number of hydrogen-bond donors (Lipinski definition) is 3. The Morgan fingerprint density at radius 1 is 1.29 bits per heavy atom. The van der Waals surface area contributed by atoms with Crippen LogP contribution >= 0.6 is 11.8 Å². The van der Waals surface area contributed by atoms with E-state index in [1.807, 2.05) is 0 Å². The number of carbonyl (C=O) groups excluding carboxylic acids is 2. The second-order valence-corrected chi connectivity index (χ2v) is 8.79. The number of nitrogens with one attached hydrogen (secondary N) is 1. The molecule has 8 heteroatoms. The predicted octanol–water partition coefficient (Wildman–Crippen LogP) is 1.00. The Hall–Kier alpha value is -1.28. The number of aliphatic carboxylic acids is 1. The standard InChI is InChI=1S/C16H28N2O5S/c1-15(2)8-16(3,4)14(15)24-7-10(13(22)23-5)18-12(21)9(17)6-11(19)20/h9-10,14H,6-8,17H2,1-5H3,(H,18,21)(H,19,20)/t9-,10-/m0/s1. The first-order chi connectivity index (χ1) is 10.9. The molecule has 0 aliphatic heterocycles. The van der Waals surface area contributed by atoms with Crippen molar-refractivity contribution in [1.82, 2.24) is 5.32 Å². The topological polar surface area (TPSA) is 119 Å². The SMILES string of the molecule is COC(=O)[C@H](CSC1C(C)(C)CC1(C)C)NC(=O)[C@@H](N)CC(=O)O. The highest BCUT2D eigenvalue weighted by atomic mass is 32.2. The second kappa shape index (κ2) is 7.74. The third kappa shape index (κ3) is 5.11. The van der Waals surface area contributed by atoms with Gasteiger partial charge in [-0.1, -0.05) is 27.7 Å². The molecule has 1 aliphatic carbocycles. The third-order valence-electron chi connectivity index (χ3n) is 4.29. The van der Waals surface area contributed by atoms with Crippen LogP contribution in [0.3, 0.4) is 0 Å². The highest BCUT2D eigenvalue weighted by molar-refractivity contribution is 8.00. The fourth-order valence-corrected chi connectivity index (χ4v) is 5.47. The van der Waals surface area contributed by atoms with Gasteiger partial charge in [0.05, 0.1) is 19.6 Å². The van der Waals surface area contributed by atoms with Crippen LogP contribution in [0.25, 0.3) is 0 Å². The largest absolute Gasteiger partial charge is 0.481 e. The Kier molecular flexibility index (Phi) is 6.69. The lowest BCUT2D eigenvalue weighted by Crippen LogP contribution is -2.55. The molecular formula is C16H28N2O5S. The average Bonchev–Trinajstić information content (AvgIpc) is 2.42. The molecule has 0 heterocycles. The fraction of sp³-hybridized carbons (Fsp3) is 0.812. The molecular weight excluding hydrogens is 332 g/mol. The maximum absolute atomic E-state index is 12.0. The van der Waals surface area contributed by atoms with Crippen LogP contribution in [0, 0.1) is 10.8 Å². The number of hydrogen-bond acceptors (Lipinski definition) is 6. The number of thioether (sulfide) groups is 1. The van der Waals surface area contributed by atoms with Gasteiger partial charge in [0.15, 0.2) is 0 Å². The van der Waals surface area contributed by atoms with Gasteiger partial charge < -0.3 is 20.9 Å². The Balaban J connectivity index is 2.68. The number of methoxy groups -OCH3 is 1. The van der Waals surface area contributed by atoms with Crippen molar-refractivity contribution in [2.24, 2.45) is 16.6 Å². The van der Waals surface area contributed by atoms with Gasteiger partial charge in [-0.15, -0.1) is 0 Å². The highest BCUT2D eigenvalue weighted by Gasteiger charge is 2.53. The summed E-state index contributed by atoms with van der Waals surface area (Å²) < 4.78 is 4.74. The number of esters is 1. The molecule has 1 aliphatic rings. The summed E-state index contributed by atoms with van der Waals surface area (Å²) in [6.45, 7) is 8.74. The predicted molar refractivity (Wildman–Crippen MR) is 92.6 cm³/mol. The van der Waals surface area contributed by atoms with Crippen molar-refractivity contribution >= 4 is 29.6 Å². The molecule has 0 spiro atoms. The summed E-state index contributed by atoms with van der Waals surface area (Å²) in [6, 6.07) is -2.05. The molecule has 2 atom stereocenters. The zero-order valence-corrected chi connectivity index (χ0v) is 15.7. The Labute approximate surface area is 147 Å². The molecule has 1 saturated carbocycles. The molecule has 0 radical (unpaired) electrons. The van der Waals surface area contributed by atoms with Crippen molar-refractivity contribution in [3.8, 4) is 0 Å². The summed E-state index contributed by atoms with van der Waals surface area (Å²) in [5, 5.41) is 11.6. The van der Waals surface area contributed by atoms with Crippen LogP contribution in [-0.4, -0.2) is 53.1 Å².